The number of anilines is 1. The van der Waals surface area contributed by atoms with Crippen LogP contribution in [-0.4, -0.2) is 69.4 Å². The lowest BCUT2D eigenvalue weighted by Crippen LogP contribution is -2.65. The Balaban J connectivity index is 1.89. The molecule has 0 saturated carbocycles. The number of carbonyl (C=O) groups is 1. The summed E-state index contributed by atoms with van der Waals surface area (Å²) in [6, 6.07) is 0. The highest BCUT2D eigenvalue weighted by atomic mass is 35.5. The van der Waals surface area contributed by atoms with Crippen molar-refractivity contribution in [2.45, 2.75) is 129 Å². The largest absolute Gasteiger partial charge is 0.414 e. The highest BCUT2D eigenvalue weighted by Crippen LogP contribution is 2.50. The number of hydrogen-bond donors (Lipinski definition) is 1. The lowest BCUT2D eigenvalue weighted by molar-refractivity contribution is -0.118. The third-order valence-electron chi connectivity index (χ3n) is 8.70. The first-order chi connectivity index (χ1) is 20.8. The van der Waals surface area contributed by atoms with Crippen molar-refractivity contribution in [1.82, 2.24) is 19.5 Å². The second kappa shape index (κ2) is 13.5. The van der Waals surface area contributed by atoms with Crippen LogP contribution in [0.4, 0.5) is 5.95 Å². The molecule has 4 atom stereocenters. The van der Waals surface area contributed by atoms with Gasteiger partial charge in [0.25, 0.3) is 0 Å². The summed E-state index contributed by atoms with van der Waals surface area (Å²) in [4.78, 5) is 26.0. The van der Waals surface area contributed by atoms with E-state index in [1.54, 1.807) is 20.2 Å². The van der Waals surface area contributed by atoms with Gasteiger partial charge in [-0.1, -0.05) is 106 Å². The van der Waals surface area contributed by atoms with Crippen LogP contribution in [0.25, 0.3) is 11.2 Å². The van der Waals surface area contributed by atoms with Gasteiger partial charge in [0, 0.05) is 5.92 Å². The fraction of sp³-hybridized carbons (Fsp3) is 0.742. The maximum Gasteiger partial charge on any atom is 0.335 e. The van der Waals surface area contributed by atoms with E-state index in [9.17, 15) is 4.79 Å². The molecular weight excluding hydrogens is 642 g/mol. The number of aromatic nitrogens is 4. The Kier molecular flexibility index (Phi) is 10.8. The Labute approximate surface area is 277 Å². The van der Waals surface area contributed by atoms with Crippen LogP contribution in [0.3, 0.4) is 0 Å². The van der Waals surface area contributed by atoms with Crippen LogP contribution < -0.4 is 5.32 Å². The quantitative estimate of drug-likeness (QED) is 0.181. The molecule has 2 aliphatic heterocycles. The number of carbonyl (C=O) groups excluding carboxylic acids is 1. The molecule has 45 heavy (non-hydrogen) atoms. The van der Waals surface area contributed by atoms with E-state index in [4.69, 9.17) is 29.3 Å². The lowest BCUT2D eigenvalue weighted by Gasteiger charge is -2.51. The maximum absolute atomic E-state index is 12.5. The first-order valence-electron chi connectivity index (χ1n) is 16.2. The van der Waals surface area contributed by atoms with Crippen molar-refractivity contribution in [3.63, 3.8) is 0 Å². The van der Waals surface area contributed by atoms with Crippen LogP contribution in [0.2, 0.25) is 47.0 Å². The minimum absolute atomic E-state index is 0.116. The van der Waals surface area contributed by atoms with Gasteiger partial charge in [-0.2, -0.15) is 9.97 Å². The molecule has 2 aliphatic rings. The van der Waals surface area contributed by atoms with Crippen LogP contribution in [0.5, 0.6) is 0 Å². The average molecular weight is 694 g/mol. The van der Waals surface area contributed by atoms with Crippen LogP contribution >= 0.6 is 11.6 Å². The first-order valence-corrected chi connectivity index (χ1v) is 24.1. The Bertz CT molecular complexity index is 1430. The van der Waals surface area contributed by atoms with E-state index in [0.717, 1.165) is 0 Å². The van der Waals surface area contributed by atoms with E-state index in [1.807, 2.05) is 4.57 Å². The van der Waals surface area contributed by atoms with Gasteiger partial charge in [0.05, 0.1) is 25.0 Å². The van der Waals surface area contributed by atoms with E-state index >= 15 is 0 Å². The summed E-state index contributed by atoms with van der Waals surface area (Å²) < 4.78 is 30.7. The Morgan fingerprint density at radius 1 is 1.00 bits per heavy atom. The maximum atomic E-state index is 12.5. The van der Waals surface area contributed by atoms with E-state index in [1.165, 1.54) is 0 Å². The molecule has 4 rings (SSSR count). The number of imidazole rings is 1. The number of nitrogens with zero attached hydrogens (tertiary/aromatic N) is 4. The molecule has 0 aliphatic carbocycles. The molecule has 0 spiro atoms. The van der Waals surface area contributed by atoms with Crippen molar-refractivity contribution in [2.75, 3.05) is 11.9 Å². The lowest BCUT2D eigenvalue weighted by atomic mass is 10.0. The molecule has 1 N–H and O–H groups in total. The van der Waals surface area contributed by atoms with E-state index < -0.39 is 37.5 Å². The predicted molar refractivity (Wildman–Crippen MR) is 186 cm³/mol. The summed E-state index contributed by atoms with van der Waals surface area (Å²) in [5, 5.41) is 2.92. The molecule has 14 heteroatoms. The SMILES string of the molecule is CC(C)C(=O)Nc1nc(Cl)c2ncn([C@@H]3O[C@@H]4CO[Si](C(C)C)(C(C)C)O[Si](C(C)C)(C(C)C)O[C@H]4[C@H]3C#C[Si](C)(C)C)c2n1. The van der Waals surface area contributed by atoms with Gasteiger partial charge in [-0.15, -0.1) is 5.54 Å². The molecule has 2 fully saturated rings. The Hall–Kier alpha value is -1.64. The molecule has 0 aromatic carbocycles. The average Bonchev–Trinajstić information content (AvgIpc) is 3.47. The normalized spacial score (nSPS) is 25.0. The van der Waals surface area contributed by atoms with Crippen molar-refractivity contribution in [3.8, 4) is 11.5 Å². The summed E-state index contributed by atoms with van der Waals surface area (Å²) in [6.07, 6.45) is 0.302. The number of hydrogen-bond acceptors (Lipinski definition) is 8. The second-order valence-corrected chi connectivity index (χ2v) is 28.9. The molecule has 2 aromatic heterocycles. The Morgan fingerprint density at radius 2 is 1.60 bits per heavy atom. The number of halogens is 1. The first kappa shape index (κ1) is 36.2. The molecule has 4 heterocycles. The van der Waals surface area contributed by atoms with Gasteiger partial charge in [0.2, 0.25) is 11.9 Å². The zero-order valence-electron chi connectivity index (χ0n) is 29.2. The number of rotatable bonds is 7. The molecule has 0 unspecified atom stereocenters. The fourth-order valence-corrected chi connectivity index (χ4v) is 18.3. The van der Waals surface area contributed by atoms with Crippen LogP contribution in [0.1, 0.15) is 75.5 Å². The number of amides is 1. The summed E-state index contributed by atoms with van der Waals surface area (Å²) in [5.74, 6) is 2.93. The van der Waals surface area contributed by atoms with Crippen molar-refractivity contribution >= 4 is 59.8 Å². The van der Waals surface area contributed by atoms with Gasteiger partial charge in [-0.3, -0.25) is 14.7 Å². The van der Waals surface area contributed by atoms with Crippen molar-refractivity contribution in [1.29, 1.82) is 0 Å². The topological polar surface area (TPSA) is 110 Å². The van der Waals surface area contributed by atoms with Crippen LogP contribution in [0.15, 0.2) is 6.33 Å². The summed E-state index contributed by atoms with van der Waals surface area (Å²) in [5.41, 5.74) is 5.24. The van der Waals surface area contributed by atoms with Gasteiger partial charge >= 0.3 is 17.1 Å². The van der Waals surface area contributed by atoms with Crippen molar-refractivity contribution < 1.29 is 22.5 Å². The monoisotopic (exact) mass is 693 g/mol. The fourth-order valence-electron chi connectivity index (χ4n) is 6.23. The van der Waals surface area contributed by atoms with Crippen LogP contribution in [0, 0.1) is 23.3 Å². The number of ether oxygens (including phenoxy) is 1. The molecule has 1 amide bonds. The molecular formula is C31H52ClN5O5Si3. The molecule has 2 saturated heterocycles. The number of fused-ring (bicyclic) bond motifs is 2. The minimum Gasteiger partial charge on any atom is -0.414 e. The van der Waals surface area contributed by atoms with E-state index in [-0.39, 0.29) is 57.1 Å². The molecule has 250 valence electrons. The predicted octanol–water partition coefficient (Wildman–Crippen LogP) is 7.43. The molecule has 2 aromatic rings. The Morgan fingerprint density at radius 3 is 2.13 bits per heavy atom. The van der Waals surface area contributed by atoms with E-state index in [0.29, 0.717) is 17.8 Å². The van der Waals surface area contributed by atoms with Gasteiger partial charge in [-0.25, -0.2) is 4.98 Å². The zero-order chi connectivity index (χ0) is 33.6. The third-order valence-corrected chi connectivity index (χ3v) is 20.1. The van der Waals surface area contributed by atoms with Gasteiger partial charge in [0.15, 0.2) is 17.0 Å². The second-order valence-electron chi connectivity index (χ2n) is 15.0. The van der Waals surface area contributed by atoms with Crippen molar-refractivity contribution in [2.24, 2.45) is 11.8 Å². The van der Waals surface area contributed by atoms with Crippen LogP contribution in [-0.2, 0) is 22.5 Å². The molecule has 0 bridgehead atoms. The van der Waals surface area contributed by atoms with E-state index in [2.05, 4.69) is 107 Å². The van der Waals surface area contributed by atoms with Gasteiger partial charge in [0.1, 0.15) is 19.7 Å². The molecule has 0 radical (unpaired) electrons. The highest BCUT2D eigenvalue weighted by Gasteiger charge is 2.61. The summed E-state index contributed by atoms with van der Waals surface area (Å²) in [7, 11) is -7.46. The van der Waals surface area contributed by atoms with Crippen molar-refractivity contribution in [3.05, 3.63) is 11.5 Å². The minimum atomic E-state index is -2.92. The number of nitrogens with one attached hydrogen (secondary N) is 1. The highest BCUT2D eigenvalue weighted by molar-refractivity contribution is 6.84. The standard InChI is InChI=1S/C31H52ClN5O5Si3/c1-18(2)29(38)36-31-34-27(32)25-28(35-31)37(17-33-25)30-23(14-15-43(11,12)13)26-24(40-30)16-39-44(19(3)4,20(5)6)42-45(41-26,21(7)8)22(9)10/h17-24,26,30H,16H2,1-13H3,(H,34,35,36,38)/t23-,24-,26+,30-/m1/s1. The summed E-state index contributed by atoms with van der Waals surface area (Å²) >= 11 is 6.57. The third kappa shape index (κ3) is 7.13. The van der Waals surface area contributed by atoms with Gasteiger partial charge < -0.3 is 17.7 Å². The zero-order valence-corrected chi connectivity index (χ0v) is 32.9. The summed E-state index contributed by atoms with van der Waals surface area (Å²) in [6.45, 7) is 28.3. The smallest absolute Gasteiger partial charge is 0.335 e. The van der Waals surface area contributed by atoms with Gasteiger partial charge in [-0.05, 0) is 22.2 Å². The molecule has 10 nitrogen and oxygen atoms in total.